The van der Waals surface area contributed by atoms with Crippen LogP contribution in [0.15, 0.2) is 12.1 Å². The van der Waals surface area contributed by atoms with Crippen molar-refractivity contribution in [1.82, 2.24) is 4.72 Å². The number of sulfonamides is 1. The van der Waals surface area contributed by atoms with Crippen LogP contribution >= 0.6 is 11.6 Å². The Morgan fingerprint density at radius 1 is 1.55 bits per heavy atom. The molecule has 0 amide bonds. The molecule has 1 unspecified atom stereocenters. The van der Waals surface area contributed by atoms with Crippen LogP contribution in [-0.2, 0) is 10.0 Å². The second kappa shape index (κ2) is 5.59. The van der Waals surface area contributed by atoms with Crippen LogP contribution < -0.4 is 15.4 Å². The number of nitrogens with zero attached hydrogens (tertiary/aromatic N) is 1. The third-order valence-electron chi connectivity index (χ3n) is 3.21. The lowest BCUT2D eigenvalue weighted by molar-refractivity contribution is 0.567. The molecule has 4 N–H and O–H groups in total. The third kappa shape index (κ3) is 3.41. The lowest BCUT2D eigenvalue weighted by Gasteiger charge is -2.22. The molecule has 0 radical (unpaired) electrons. The maximum atomic E-state index is 11.3. The summed E-state index contributed by atoms with van der Waals surface area (Å²) in [6, 6.07) is 3.22. The Balaban J connectivity index is 2.24. The molecule has 1 heterocycles. The Kier molecular flexibility index (Phi) is 4.22. The monoisotopic (exact) mass is 316 g/mol. The molecule has 2 rings (SSSR count). The van der Waals surface area contributed by atoms with Crippen molar-refractivity contribution in [3.05, 3.63) is 22.7 Å². The van der Waals surface area contributed by atoms with Gasteiger partial charge in [-0.25, -0.2) is 13.1 Å². The van der Waals surface area contributed by atoms with E-state index < -0.39 is 10.0 Å². The van der Waals surface area contributed by atoms with E-state index in [2.05, 4.69) is 4.72 Å². The Bertz CT molecular complexity index is 633. The largest absolute Gasteiger partial charge is 0.398 e. The lowest BCUT2D eigenvalue weighted by Crippen LogP contribution is -2.36. The number of nitrogens with two attached hydrogens (primary N) is 1. The molecule has 0 saturated carbocycles. The van der Waals surface area contributed by atoms with Crippen LogP contribution in [0.5, 0.6) is 0 Å². The maximum absolute atomic E-state index is 11.3. The summed E-state index contributed by atoms with van der Waals surface area (Å²) in [5.41, 5.74) is 7.68. The van der Waals surface area contributed by atoms with Gasteiger partial charge in [0.2, 0.25) is 10.0 Å². The van der Waals surface area contributed by atoms with Crippen molar-refractivity contribution < 1.29 is 8.42 Å². The van der Waals surface area contributed by atoms with Gasteiger partial charge in [0.25, 0.3) is 0 Å². The molecule has 1 aliphatic heterocycles. The van der Waals surface area contributed by atoms with Crippen molar-refractivity contribution in [2.24, 2.45) is 0 Å². The summed E-state index contributed by atoms with van der Waals surface area (Å²) < 4.78 is 25.1. The predicted molar refractivity (Wildman–Crippen MR) is 82.3 cm³/mol. The van der Waals surface area contributed by atoms with Gasteiger partial charge in [-0.2, -0.15) is 0 Å². The molecule has 1 aromatic carbocycles. The summed E-state index contributed by atoms with van der Waals surface area (Å²) in [6.07, 6.45) is 3.05. The van der Waals surface area contributed by atoms with Crippen molar-refractivity contribution in [3.63, 3.8) is 0 Å². The summed E-state index contributed by atoms with van der Waals surface area (Å²) in [5.74, 6) is 0. The average Bonchev–Trinajstić information content (AvgIpc) is 2.74. The number of anilines is 2. The Morgan fingerprint density at radius 2 is 2.25 bits per heavy atom. The number of hydrogen-bond acceptors (Lipinski definition) is 5. The topological polar surface area (TPSA) is 99.3 Å². The van der Waals surface area contributed by atoms with E-state index in [1.54, 1.807) is 12.1 Å². The molecule has 110 valence electrons. The van der Waals surface area contributed by atoms with Gasteiger partial charge in [0.05, 0.1) is 6.26 Å². The second-order valence-electron chi connectivity index (χ2n) is 4.89. The first-order chi connectivity index (χ1) is 9.30. The minimum absolute atomic E-state index is 0.135. The highest BCUT2D eigenvalue weighted by molar-refractivity contribution is 7.88. The first kappa shape index (κ1) is 15.1. The number of halogens is 1. The van der Waals surface area contributed by atoms with E-state index in [4.69, 9.17) is 22.7 Å². The molecule has 6 nitrogen and oxygen atoms in total. The van der Waals surface area contributed by atoms with Crippen molar-refractivity contribution in [2.45, 2.75) is 12.5 Å². The number of rotatable bonds is 4. The highest BCUT2D eigenvalue weighted by Crippen LogP contribution is 2.31. The quantitative estimate of drug-likeness (QED) is 0.571. The van der Waals surface area contributed by atoms with Crippen LogP contribution in [-0.4, -0.2) is 40.0 Å². The molecule has 1 aliphatic rings. The fraction of sp³-hybridized carbons (Fsp3) is 0.417. The zero-order chi connectivity index (χ0) is 14.9. The molecule has 0 aromatic heterocycles. The number of nitrogens with one attached hydrogen (secondary N) is 2. The van der Waals surface area contributed by atoms with E-state index in [1.807, 2.05) is 4.90 Å². The number of hydrogen-bond donors (Lipinski definition) is 3. The van der Waals surface area contributed by atoms with E-state index in [9.17, 15) is 8.42 Å². The molecule has 1 aromatic rings. The zero-order valence-electron chi connectivity index (χ0n) is 11.1. The van der Waals surface area contributed by atoms with Crippen molar-refractivity contribution in [3.8, 4) is 0 Å². The van der Waals surface area contributed by atoms with Gasteiger partial charge in [-0.3, -0.25) is 0 Å². The first-order valence-electron chi connectivity index (χ1n) is 6.12. The predicted octanol–water partition coefficient (Wildman–Crippen LogP) is 1.05. The van der Waals surface area contributed by atoms with Gasteiger partial charge in [-0.05, 0) is 18.6 Å². The van der Waals surface area contributed by atoms with Gasteiger partial charge in [0.15, 0.2) is 0 Å². The zero-order valence-corrected chi connectivity index (χ0v) is 12.6. The van der Waals surface area contributed by atoms with Crippen LogP contribution in [0.2, 0.25) is 5.02 Å². The average molecular weight is 317 g/mol. The Morgan fingerprint density at radius 3 is 2.85 bits per heavy atom. The molecule has 1 fully saturated rings. The van der Waals surface area contributed by atoms with Crippen molar-refractivity contribution >= 4 is 39.2 Å². The van der Waals surface area contributed by atoms with Crippen molar-refractivity contribution in [1.29, 1.82) is 5.41 Å². The molecular weight excluding hydrogens is 300 g/mol. The van der Waals surface area contributed by atoms with Gasteiger partial charge < -0.3 is 16.0 Å². The van der Waals surface area contributed by atoms with Gasteiger partial charge in [-0.1, -0.05) is 11.6 Å². The smallest absolute Gasteiger partial charge is 0.209 e. The van der Waals surface area contributed by atoms with E-state index in [-0.39, 0.29) is 6.04 Å². The van der Waals surface area contributed by atoms with Crippen LogP contribution in [0.3, 0.4) is 0 Å². The van der Waals surface area contributed by atoms with Gasteiger partial charge in [0.1, 0.15) is 0 Å². The summed E-state index contributed by atoms with van der Waals surface area (Å²) in [5, 5.41) is 7.97. The highest BCUT2D eigenvalue weighted by Gasteiger charge is 2.26. The minimum atomic E-state index is -3.22. The fourth-order valence-corrected chi connectivity index (χ4v) is 3.44. The molecule has 8 heteroatoms. The van der Waals surface area contributed by atoms with Gasteiger partial charge >= 0.3 is 0 Å². The van der Waals surface area contributed by atoms with Crippen LogP contribution in [0.4, 0.5) is 11.4 Å². The Labute approximate surface area is 123 Å². The number of nitrogen functional groups attached to an aromatic ring is 1. The molecule has 1 saturated heterocycles. The van der Waals surface area contributed by atoms with E-state index in [0.717, 1.165) is 11.9 Å². The van der Waals surface area contributed by atoms with Gasteiger partial charge in [0, 0.05) is 47.3 Å². The summed E-state index contributed by atoms with van der Waals surface area (Å²) in [7, 11) is -3.22. The number of benzene rings is 1. The van der Waals surface area contributed by atoms with E-state index in [1.165, 1.54) is 6.21 Å². The van der Waals surface area contributed by atoms with Gasteiger partial charge in [-0.15, -0.1) is 0 Å². The highest BCUT2D eigenvalue weighted by atomic mass is 35.5. The molecule has 0 bridgehead atoms. The standard InChI is InChI=1S/C12H17ClN4O2S/c1-20(18,19)16-9-2-3-17(7-9)12-5-8(13)4-11(15)10(12)6-14/h4-6,9,14,16H,2-3,7,15H2,1H3. The van der Waals surface area contributed by atoms with Crippen LogP contribution in [0, 0.1) is 5.41 Å². The third-order valence-corrected chi connectivity index (χ3v) is 4.19. The lowest BCUT2D eigenvalue weighted by atomic mass is 10.1. The van der Waals surface area contributed by atoms with Crippen LogP contribution in [0.1, 0.15) is 12.0 Å². The normalized spacial score (nSPS) is 19.3. The molecule has 1 atom stereocenters. The summed E-state index contributed by atoms with van der Waals surface area (Å²) in [6.45, 7) is 1.22. The molecular formula is C12H17ClN4O2S. The SMILES string of the molecule is CS(=O)(=O)NC1CCN(c2cc(Cl)cc(N)c2C=N)C1. The summed E-state index contributed by atoms with van der Waals surface area (Å²) in [4.78, 5) is 1.99. The van der Waals surface area contributed by atoms with Crippen LogP contribution in [0.25, 0.3) is 0 Å². The Hall–Kier alpha value is -1.31. The van der Waals surface area contributed by atoms with E-state index in [0.29, 0.717) is 35.8 Å². The van der Waals surface area contributed by atoms with Crippen molar-refractivity contribution in [2.75, 3.05) is 30.0 Å². The fourth-order valence-electron chi connectivity index (χ4n) is 2.42. The minimum Gasteiger partial charge on any atom is -0.398 e. The maximum Gasteiger partial charge on any atom is 0.209 e. The van der Waals surface area contributed by atoms with E-state index >= 15 is 0 Å². The molecule has 0 aliphatic carbocycles. The molecule has 0 spiro atoms. The second-order valence-corrected chi connectivity index (χ2v) is 7.11. The molecule has 20 heavy (non-hydrogen) atoms. The summed E-state index contributed by atoms with van der Waals surface area (Å²) >= 11 is 6.01. The first-order valence-corrected chi connectivity index (χ1v) is 8.39.